The van der Waals surface area contributed by atoms with Crippen LogP contribution in [-0.4, -0.2) is 25.0 Å². The summed E-state index contributed by atoms with van der Waals surface area (Å²) in [5.74, 6) is 1.77. The number of para-hydroxylation sites is 5. The highest BCUT2D eigenvalue weighted by Gasteiger charge is 2.25. The molecule has 0 atom stereocenters. The maximum atomic E-state index is 11.8. The van der Waals surface area contributed by atoms with E-state index >= 15 is 0 Å². The van der Waals surface area contributed by atoms with Crippen LogP contribution >= 0.6 is 11.9 Å². The number of nitro benzene ring substituents is 1. The lowest BCUT2D eigenvalue weighted by molar-refractivity contribution is -0.387. The van der Waals surface area contributed by atoms with E-state index in [0.29, 0.717) is 33.6 Å². The Kier molecular flexibility index (Phi) is 7.64. The molecule has 0 bridgehead atoms. The van der Waals surface area contributed by atoms with Crippen molar-refractivity contribution in [2.24, 2.45) is 4.99 Å². The van der Waals surface area contributed by atoms with Crippen LogP contribution in [0.1, 0.15) is 5.56 Å². The minimum Gasteiger partial charge on any atom is -0.495 e. The van der Waals surface area contributed by atoms with Gasteiger partial charge in [0.25, 0.3) is 5.69 Å². The zero-order valence-electron chi connectivity index (χ0n) is 19.2. The molecule has 4 rings (SSSR count). The van der Waals surface area contributed by atoms with Crippen molar-refractivity contribution in [1.29, 1.82) is 0 Å². The third-order valence-corrected chi connectivity index (χ3v) is 6.19. The fraction of sp³-hybridized carbons (Fsp3) is 0.0741. The number of hydrogen-bond donors (Lipinski definition) is 0. The number of ether oxygens (including phenoxy) is 2. The van der Waals surface area contributed by atoms with Crippen molar-refractivity contribution in [2.75, 3.05) is 18.5 Å². The number of rotatable bonds is 8. The summed E-state index contributed by atoms with van der Waals surface area (Å²) in [7, 11) is 3.18. The van der Waals surface area contributed by atoms with Crippen molar-refractivity contribution in [3.8, 4) is 11.5 Å². The summed E-state index contributed by atoms with van der Waals surface area (Å²) in [5.41, 5.74) is 2.13. The molecule has 0 amide bonds. The first-order chi connectivity index (χ1) is 17.1. The Morgan fingerprint density at radius 3 is 2.11 bits per heavy atom. The molecule has 0 aliphatic rings. The van der Waals surface area contributed by atoms with Gasteiger partial charge >= 0.3 is 0 Å². The maximum absolute atomic E-state index is 11.8. The number of anilines is 1. The number of benzene rings is 4. The SMILES string of the molecule is COc1ccccc1N=C(c1ccccc1)N(Sc1ccccc1[N+](=O)[O-])c1ccccc1OC. The summed E-state index contributed by atoms with van der Waals surface area (Å²) < 4.78 is 13.0. The molecule has 0 unspecified atom stereocenters. The molecule has 7 nitrogen and oxygen atoms in total. The average molecular weight is 486 g/mol. The largest absolute Gasteiger partial charge is 0.495 e. The van der Waals surface area contributed by atoms with E-state index < -0.39 is 0 Å². The van der Waals surface area contributed by atoms with Crippen LogP contribution in [-0.2, 0) is 0 Å². The fourth-order valence-corrected chi connectivity index (χ4v) is 4.49. The second-order valence-electron chi connectivity index (χ2n) is 7.26. The smallest absolute Gasteiger partial charge is 0.284 e. The molecule has 0 aliphatic heterocycles. The average Bonchev–Trinajstić information content (AvgIpc) is 2.91. The number of amidine groups is 1. The summed E-state index contributed by atoms with van der Waals surface area (Å²) >= 11 is 1.20. The Morgan fingerprint density at radius 2 is 1.40 bits per heavy atom. The molecule has 0 aliphatic carbocycles. The van der Waals surface area contributed by atoms with E-state index in [9.17, 15) is 10.1 Å². The van der Waals surface area contributed by atoms with Gasteiger partial charge in [0, 0.05) is 23.6 Å². The van der Waals surface area contributed by atoms with Gasteiger partial charge in [-0.05, 0) is 30.3 Å². The van der Waals surface area contributed by atoms with Gasteiger partial charge in [-0.15, -0.1) is 0 Å². The molecule has 0 fully saturated rings. The molecule has 4 aromatic carbocycles. The van der Waals surface area contributed by atoms with E-state index in [4.69, 9.17) is 14.5 Å². The van der Waals surface area contributed by atoms with Crippen LogP contribution in [0.15, 0.2) is 113 Å². The van der Waals surface area contributed by atoms with Crippen molar-refractivity contribution in [3.05, 3.63) is 119 Å². The highest BCUT2D eigenvalue weighted by molar-refractivity contribution is 8.01. The van der Waals surface area contributed by atoms with Crippen LogP contribution in [0.5, 0.6) is 11.5 Å². The predicted molar refractivity (Wildman–Crippen MR) is 140 cm³/mol. The molecular formula is C27H23N3O4S. The number of nitro groups is 1. The van der Waals surface area contributed by atoms with E-state index in [2.05, 4.69) is 0 Å². The Hall–Kier alpha value is -4.30. The molecular weight excluding hydrogens is 462 g/mol. The molecule has 176 valence electrons. The van der Waals surface area contributed by atoms with Gasteiger partial charge in [-0.3, -0.25) is 14.4 Å². The van der Waals surface area contributed by atoms with Crippen molar-refractivity contribution in [2.45, 2.75) is 4.90 Å². The Balaban J connectivity index is 1.97. The number of hydrogen-bond acceptors (Lipinski definition) is 6. The summed E-state index contributed by atoms with van der Waals surface area (Å²) in [5, 5.41) is 11.8. The lowest BCUT2D eigenvalue weighted by Crippen LogP contribution is -2.25. The van der Waals surface area contributed by atoms with E-state index in [-0.39, 0.29) is 10.6 Å². The molecule has 0 radical (unpaired) electrons. The van der Waals surface area contributed by atoms with Gasteiger partial charge in [-0.1, -0.05) is 66.7 Å². The molecule has 8 heteroatoms. The van der Waals surface area contributed by atoms with Gasteiger partial charge in [0.1, 0.15) is 22.1 Å². The standard InChI is InChI=1S/C27H23N3O4S/c1-33-24-17-9-6-14-21(24)28-27(20-12-4-3-5-13-20)29(22-15-7-10-18-25(22)34-2)35-26-19-11-8-16-23(26)30(31)32/h3-19H,1-2H3. The van der Waals surface area contributed by atoms with Gasteiger partial charge in [0.05, 0.1) is 24.8 Å². The predicted octanol–water partition coefficient (Wildman–Crippen LogP) is 6.90. The van der Waals surface area contributed by atoms with Gasteiger partial charge in [0.15, 0.2) is 5.84 Å². The van der Waals surface area contributed by atoms with E-state index in [1.165, 1.54) is 18.0 Å². The molecule has 0 saturated carbocycles. The highest BCUT2D eigenvalue weighted by Crippen LogP contribution is 2.41. The zero-order chi connectivity index (χ0) is 24.6. The van der Waals surface area contributed by atoms with Gasteiger partial charge in [0.2, 0.25) is 0 Å². The van der Waals surface area contributed by atoms with Crippen LogP contribution in [0, 0.1) is 10.1 Å². The third kappa shape index (κ3) is 5.44. The lowest BCUT2D eigenvalue weighted by atomic mass is 10.2. The topological polar surface area (TPSA) is 77.2 Å². The summed E-state index contributed by atoms with van der Waals surface area (Å²) in [6, 6.07) is 31.2. The number of nitrogens with zero attached hydrogens (tertiary/aromatic N) is 3. The minimum absolute atomic E-state index is 0.00195. The molecule has 0 aromatic heterocycles. The number of methoxy groups -OCH3 is 2. The molecule has 0 N–H and O–H groups in total. The van der Waals surface area contributed by atoms with Gasteiger partial charge in [-0.25, -0.2) is 4.99 Å². The lowest BCUT2D eigenvalue weighted by Gasteiger charge is -2.26. The summed E-state index contributed by atoms with van der Waals surface area (Å²) in [4.78, 5) is 16.9. The van der Waals surface area contributed by atoms with Crippen LogP contribution < -0.4 is 13.8 Å². The number of aliphatic imine (C=N–C) groups is 1. The molecule has 0 heterocycles. The van der Waals surface area contributed by atoms with Crippen LogP contribution in [0.4, 0.5) is 17.1 Å². The van der Waals surface area contributed by atoms with E-state index in [1.807, 2.05) is 83.2 Å². The van der Waals surface area contributed by atoms with Crippen molar-refractivity contribution in [3.63, 3.8) is 0 Å². The monoisotopic (exact) mass is 485 g/mol. The second-order valence-corrected chi connectivity index (χ2v) is 8.24. The summed E-state index contributed by atoms with van der Waals surface area (Å²) in [6.45, 7) is 0. The minimum atomic E-state index is -0.387. The normalized spacial score (nSPS) is 11.1. The van der Waals surface area contributed by atoms with Crippen LogP contribution in [0.3, 0.4) is 0 Å². The van der Waals surface area contributed by atoms with Crippen LogP contribution in [0.2, 0.25) is 0 Å². The van der Waals surface area contributed by atoms with E-state index in [1.54, 1.807) is 32.4 Å². The van der Waals surface area contributed by atoms with E-state index in [0.717, 1.165) is 5.56 Å². The molecule has 4 aromatic rings. The molecule has 0 saturated heterocycles. The first kappa shape index (κ1) is 23.8. The van der Waals surface area contributed by atoms with Crippen molar-refractivity contribution in [1.82, 2.24) is 0 Å². The first-order valence-corrected chi connectivity index (χ1v) is 11.5. The second kappa shape index (κ2) is 11.2. The van der Waals surface area contributed by atoms with Crippen molar-refractivity contribution >= 4 is 34.8 Å². The van der Waals surface area contributed by atoms with Gasteiger partial charge in [-0.2, -0.15) is 0 Å². The molecule has 35 heavy (non-hydrogen) atoms. The fourth-order valence-electron chi connectivity index (χ4n) is 3.44. The maximum Gasteiger partial charge on any atom is 0.284 e. The Morgan fingerprint density at radius 1 is 0.800 bits per heavy atom. The highest BCUT2D eigenvalue weighted by atomic mass is 32.2. The molecule has 0 spiro atoms. The van der Waals surface area contributed by atoms with Crippen molar-refractivity contribution < 1.29 is 14.4 Å². The van der Waals surface area contributed by atoms with Gasteiger partial charge < -0.3 is 9.47 Å². The summed E-state index contributed by atoms with van der Waals surface area (Å²) in [6.07, 6.45) is 0. The van der Waals surface area contributed by atoms with Crippen LogP contribution in [0.25, 0.3) is 0 Å². The first-order valence-electron chi connectivity index (χ1n) is 10.7. The third-order valence-electron chi connectivity index (χ3n) is 5.09. The Bertz CT molecular complexity index is 1350. The quantitative estimate of drug-likeness (QED) is 0.0888. The zero-order valence-corrected chi connectivity index (χ0v) is 20.0. The Labute approximate surface area is 207 Å².